The normalized spacial score (nSPS) is 15.5. The van der Waals surface area contributed by atoms with Gasteiger partial charge in [-0.1, -0.05) is 69.3 Å². The number of hydrogen-bond acceptors (Lipinski definition) is 14. The average Bonchev–Trinajstić information content (AvgIpc) is 4.27. The number of fused-ring (bicyclic) bond motifs is 1. The van der Waals surface area contributed by atoms with Gasteiger partial charge in [0.1, 0.15) is 53.5 Å². The van der Waals surface area contributed by atoms with E-state index in [4.69, 9.17) is 20.3 Å². The first-order chi connectivity index (χ1) is 38.0. The Balaban J connectivity index is 0.851. The lowest BCUT2D eigenvalue weighted by molar-refractivity contribution is -0.148. The van der Waals surface area contributed by atoms with Crippen LogP contribution >= 0.6 is 11.3 Å². The molecule has 0 radical (unpaired) electrons. The van der Waals surface area contributed by atoms with E-state index in [1.54, 1.807) is 104 Å². The van der Waals surface area contributed by atoms with Gasteiger partial charge in [-0.25, -0.2) is 22.8 Å². The first kappa shape index (κ1) is 56.4. The van der Waals surface area contributed by atoms with Gasteiger partial charge in [-0.3, -0.25) is 28.5 Å². The van der Waals surface area contributed by atoms with Crippen LogP contribution in [-0.4, -0.2) is 96.7 Å². The number of hydrogen-bond donors (Lipinski definition) is 5. The Hall–Kier alpha value is -8.35. The molecule has 8 aromatic rings. The highest BCUT2D eigenvalue weighted by atomic mass is 32.2. The number of nitrogens with two attached hydrogens (primary N) is 1. The molecule has 6 N–H and O–H groups in total. The number of pyridine rings is 1. The maximum Gasteiger partial charge on any atom is 0.355 e. The van der Waals surface area contributed by atoms with Gasteiger partial charge in [-0.05, 0) is 72.4 Å². The summed E-state index contributed by atoms with van der Waals surface area (Å²) in [7, 11) is -3.40. The van der Waals surface area contributed by atoms with Crippen molar-refractivity contribution in [2.75, 3.05) is 28.9 Å². The Bertz CT molecular complexity index is 3700. The molecule has 3 amide bonds. The van der Waals surface area contributed by atoms with Crippen molar-refractivity contribution in [3.05, 3.63) is 138 Å². The first-order valence-corrected chi connectivity index (χ1v) is 27.8. The molecule has 1 aliphatic rings. The summed E-state index contributed by atoms with van der Waals surface area (Å²) in [5, 5.41) is 26.2. The highest BCUT2D eigenvalue weighted by Crippen LogP contribution is 2.41. The Labute approximate surface area is 463 Å². The van der Waals surface area contributed by atoms with Crippen molar-refractivity contribution in [1.29, 1.82) is 0 Å². The van der Waals surface area contributed by atoms with Crippen LogP contribution in [0.25, 0.3) is 43.7 Å². The van der Waals surface area contributed by atoms with Crippen LogP contribution in [0.4, 0.5) is 30.4 Å². The third-order valence-corrected chi connectivity index (χ3v) is 15.5. The molecule has 19 nitrogen and oxygen atoms in total. The molecule has 0 aliphatic carbocycles. The number of aryl methyl sites for hydroxylation is 2. The zero-order chi connectivity index (χ0) is 57.2. The number of alkyl halides is 2. The summed E-state index contributed by atoms with van der Waals surface area (Å²) >= 11 is 1.55. The van der Waals surface area contributed by atoms with Crippen LogP contribution in [0, 0.1) is 24.1 Å². The fraction of sp³-hybridized carbons (Fsp3) is 0.304. The lowest BCUT2D eigenvalue weighted by atomic mass is 9.79. The van der Waals surface area contributed by atoms with E-state index < -0.39 is 68.9 Å². The Morgan fingerprint density at radius 3 is 2.40 bits per heavy atom. The number of carbonyl (C=O) groups is 3. The number of rotatable bonds is 19. The van der Waals surface area contributed by atoms with E-state index in [9.17, 15) is 41.1 Å². The minimum Gasteiger partial charge on any atom is -0.492 e. The molecule has 418 valence electrons. The van der Waals surface area contributed by atoms with Crippen molar-refractivity contribution in [3.8, 4) is 44.3 Å². The Kier molecular flexibility index (Phi) is 16.3. The smallest absolute Gasteiger partial charge is 0.355 e. The quantitative estimate of drug-likeness (QED) is 0.0476. The van der Waals surface area contributed by atoms with Crippen LogP contribution in [0.3, 0.4) is 0 Å². The van der Waals surface area contributed by atoms with E-state index in [2.05, 4.69) is 25.7 Å². The number of likely N-dealkylation sites (tertiary alicyclic amines) is 1. The van der Waals surface area contributed by atoms with Crippen LogP contribution in [0.2, 0.25) is 0 Å². The number of β-amino-alcohol motifs (C(OH)–C–C–N with tert-alkyl or cyclic N) is 1. The molecule has 0 unspecified atom stereocenters. The number of benzene rings is 4. The summed E-state index contributed by atoms with van der Waals surface area (Å²) in [6.45, 7) is 9.42. The predicted octanol–water partition coefficient (Wildman–Crippen LogP) is 8.71. The molecule has 4 aromatic heterocycles. The number of nitrogens with one attached hydrogen (secondary N) is 3. The highest BCUT2D eigenvalue weighted by Gasteiger charge is 2.47. The number of nitrogens with zero attached hydrogens (tertiary/aromatic N) is 7. The van der Waals surface area contributed by atoms with E-state index >= 15 is 0 Å². The lowest BCUT2D eigenvalue weighted by Gasteiger charge is -2.34. The van der Waals surface area contributed by atoms with Crippen molar-refractivity contribution < 1.29 is 50.6 Å². The van der Waals surface area contributed by atoms with Gasteiger partial charge in [-0.15, -0.1) is 11.3 Å². The number of anilines is 3. The molecular formula is C56H58F3N11O8S2. The molecule has 1 fully saturated rings. The predicted molar refractivity (Wildman–Crippen MR) is 297 cm³/mol. The third kappa shape index (κ3) is 12.4. The number of halogens is 3. The first-order valence-electron chi connectivity index (χ1n) is 25.3. The summed E-state index contributed by atoms with van der Waals surface area (Å²) in [5.41, 5.74) is 13.4. The molecule has 80 heavy (non-hydrogen) atoms. The lowest BCUT2D eigenvalue weighted by Crippen LogP contribution is -2.52. The van der Waals surface area contributed by atoms with E-state index in [0.29, 0.717) is 50.3 Å². The number of aliphatic hydroxyl groups excluding tert-OH is 1. The molecule has 4 aromatic carbocycles. The van der Waals surface area contributed by atoms with Crippen LogP contribution in [0.1, 0.15) is 57.0 Å². The highest BCUT2D eigenvalue weighted by molar-refractivity contribution is 7.93. The van der Waals surface area contributed by atoms with Gasteiger partial charge in [0.15, 0.2) is 0 Å². The molecule has 24 heteroatoms. The fourth-order valence-electron chi connectivity index (χ4n) is 9.56. The van der Waals surface area contributed by atoms with Crippen molar-refractivity contribution in [1.82, 2.24) is 39.7 Å². The van der Waals surface area contributed by atoms with Gasteiger partial charge in [0.25, 0.3) is 10.0 Å². The fourth-order valence-corrected chi connectivity index (χ4v) is 10.9. The standard InChI is InChI=1S/C56H58F3N11O8S2/c1-31-50(79-30-63-31)35-12-10-33(11-13-35)25-62-52(72)44-24-40(71)29-70(44)54(74)47(56(3,4)5)53(73)65-39-8-7-9-41(23-39)77-21-20-69-28-37(26-64-69)42-27-61-51(60)46-48(66-68(6)49(42)46)36-16-19-43(67-80(75,76)55(58)59)45(22-36)78-32(2)34-14-17-38(57)18-15-34/h7-19,22-23,26-28,30,32,40,44,47,55,67,71H,20-21,24-25,29H2,1-6H3,(H2,60,61)(H,62,72)(H,65,73)/t32-,40+,44-,47-/m0/s1. The van der Waals surface area contributed by atoms with Crippen LogP contribution in [-0.2, 0) is 44.5 Å². The molecule has 5 heterocycles. The number of nitrogen functional groups attached to an aromatic ring is 1. The van der Waals surface area contributed by atoms with Crippen LogP contribution < -0.4 is 30.6 Å². The number of sulfonamides is 1. The number of aromatic nitrogens is 6. The van der Waals surface area contributed by atoms with Gasteiger partial charge < -0.3 is 35.8 Å². The molecule has 0 spiro atoms. The second-order valence-corrected chi connectivity index (χ2v) is 22.9. The molecule has 9 rings (SSSR count). The number of ether oxygens (including phenoxy) is 2. The number of thiazole rings is 1. The van der Waals surface area contributed by atoms with E-state index in [1.807, 2.05) is 35.9 Å². The summed E-state index contributed by atoms with van der Waals surface area (Å²) in [4.78, 5) is 53.2. The van der Waals surface area contributed by atoms with Gasteiger partial charge in [0, 0.05) is 67.4 Å². The molecule has 1 aliphatic heterocycles. The molecular weight excluding hydrogens is 1080 g/mol. The zero-order valence-electron chi connectivity index (χ0n) is 44.4. The summed E-state index contributed by atoms with van der Waals surface area (Å²) in [6, 6.07) is 23.1. The van der Waals surface area contributed by atoms with E-state index in [1.165, 1.54) is 47.4 Å². The Morgan fingerprint density at radius 1 is 0.963 bits per heavy atom. The third-order valence-electron chi connectivity index (χ3n) is 13.6. The Morgan fingerprint density at radius 2 is 1.70 bits per heavy atom. The monoisotopic (exact) mass is 1130 g/mol. The minimum absolute atomic E-state index is 0.0255. The maximum atomic E-state index is 14.4. The molecule has 0 bridgehead atoms. The average molecular weight is 1130 g/mol. The topological polar surface area (TPSA) is 251 Å². The molecule has 0 saturated carbocycles. The van der Waals surface area contributed by atoms with Crippen molar-refractivity contribution in [2.45, 2.75) is 78.1 Å². The zero-order valence-corrected chi connectivity index (χ0v) is 46.0. The number of carbonyl (C=O) groups excluding carboxylic acids is 3. The largest absolute Gasteiger partial charge is 0.492 e. The number of amides is 3. The van der Waals surface area contributed by atoms with Crippen molar-refractivity contribution >= 4 is 67.2 Å². The van der Waals surface area contributed by atoms with Gasteiger partial charge in [-0.2, -0.15) is 19.0 Å². The second-order valence-electron chi connectivity index (χ2n) is 20.4. The van der Waals surface area contributed by atoms with Gasteiger partial charge in [0.05, 0.1) is 51.5 Å². The molecule has 1 saturated heterocycles. The summed E-state index contributed by atoms with van der Waals surface area (Å²) in [5.74, 6) is -6.60. The van der Waals surface area contributed by atoms with Crippen LogP contribution in [0.15, 0.2) is 115 Å². The van der Waals surface area contributed by atoms with Crippen molar-refractivity contribution in [2.24, 2.45) is 18.4 Å². The maximum absolute atomic E-state index is 14.4. The summed E-state index contributed by atoms with van der Waals surface area (Å²) in [6.07, 6.45) is 3.30. The van der Waals surface area contributed by atoms with Gasteiger partial charge >= 0.3 is 5.76 Å². The minimum atomic E-state index is -5.10. The van der Waals surface area contributed by atoms with Crippen molar-refractivity contribution in [3.63, 3.8) is 0 Å². The SMILES string of the molecule is Cc1ncsc1-c1ccc(CNC(=O)[C@@H]2C[C@@H](O)CN2C(=O)[C@H](C(=O)Nc2cccc(OCCn3cc(-c4cnc(N)c5c(-c6ccc(NS(=O)(=O)C(F)F)c(O[C@@H](C)c7ccc(F)cc7)c6)nn(C)c45)cn3)c2)C(C)(C)C)cc1. The van der Waals surface area contributed by atoms with Crippen LogP contribution in [0.5, 0.6) is 11.5 Å². The number of aliphatic hydroxyl groups is 1. The van der Waals surface area contributed by atoms with E-state index in [0.717, 1.165) is 21.7 Å². The van der Waals surface area contributed by atoms with Gasteiger partial charge in [0.2, 0.25) is 17.7 Å². The summed E-state index contributed by atoms with van der Waals surface area (Å²) < 4.78 is 82.7. The second kappa shape index (κ2) is 23.2. The molecule has 4 atom stereocenters. The van der Waals surface area contributed by atoms with E-state index in [-0.39, 0.29) is 49.9 Å².